The molecule has 4 nitrogen and oxygen atoms in total. The molecule has 0 aromatic rings. The summed E-state index contributed by atoms with van der Waals surface area (Å²) in [6.07, 6.45) is 9.75. The Labute approximate surface area is 117 Å². The molecule has 0 aliphatic heterocycles. The molecular formula is C11H23InO4. The zero-order chi connectivity index (χ0) is 9.94. The van der Waals surface area contributed by atoms with E-state index >= 15 is 0 Å². The van der Waals surface area contributed by atoms with Crippen LogP contribution in [0.1, 0.15) is 64.7 Å². The molecule has 0 aliphatic carbocycles. The molecule has 0 rings (SSSR count). The number of carboxylic acids is 1. The Hall–Kier alpha value is 0.260. The molecule has 94 valence electrons. The standard InChI is InChI=1S/C11H22O2.In.2H2O/c1-2-3-4-5-6-7-8-9-10-11(12)13;;;/h2-10H2,1H3,(H,12,13);;2*1H2/q;+3;;/p-3. The molecule has 2 N–H and O–H groups in total. The second kappa shape index (κ2) is 20.6. The number of carboxylic acid groups (broad SMARTS) is 1. The third-order valence-corrected chi connectivity index (χ3v) is 2.23. The fraction of sp³-hybridized carbons (Fsp3) is 0.909. The Morgan fingerprint density at radius 3 is 1.62 bits per heavy atom. The van der Waals surface area contributed by atoms with Crippen LogP contribution in [0.4, 0.5) is 0 Å². The number of hydrogen-bond donors (Lipinski definition) is 0. The number of rotatable bonds is 9. The van der Waals surface area contributed by atoms with Gasteiger partial charge in [0.2, 0.25) is 0 Å². The van der Waals surface area contributed by atoms with Gasteiger partial charge in [-0.15, -0.1) is 0 Å². The van der Waals surface area contributed by atoms with Gasteiger partial charge in [0.15, 0.2) is 0 Å². The van der Waals surface area contributed by atoms with Crippen molar-refractivity contribution in [1.29, 1.82) is 0 Å². The average molecular weight is 334 g/mol. The van der Waals surface area contributed by atoms with E-state index in [1.807, 2.05) is 0 Å². The molecule has 0 saturated heterocycles. The number of aliphatic carboxylic acids is 1. The first-order valence-electron chi connectivity index (χ1n) is 5.47. The van der Waals surface area contributed by atoms with Crippen molar-refractivity contribution in [2.45, 2.75) is 64.7 Å². The minimum absolute atomic E-state index is 0. The topological polar surface area (TPSA) is 100 Å². The molecule has 0 bridgehead atoms. The van der Waals surface area contributed by atoms with Gasteiger partial charge >= 0.3 is 25.8 Å². The first-order chi connectivity index (χ1) is 6.27. The zero-order valence-corrected chi connectivity index (χ0v) is 13.4. The second-order valence-corrected chi connectivity index (χ2v) is 3.60. The maximum absolute atomic E-state index is 10.1. The molecular weight excluding hydrogens is 311 g/mol. The fourth-order valence-electron chi connectivity index (χ4n) is 1.40. The minimum Gasteiger partial charge on any atom is -0.870 e. The summed E-state index contributed by atoms with van der Waals surface area (Å²) in [6, 6.07) is 0. The summed E-state index contributed by atoms with van der Waals surface area (Å²) >= 11 is 0. The maximum Gasteiger partial charge on any atom is 3.00 e. The number of unbranched alkanes of at least 4 members (excludes halogenated alkanes) is 7. The summed E-state index contributed by atoms with van der Waals surface area (Å²) in [7, 11) is 0. The predicted molar refractivity (Wildman–Crippen MR) is 61.9 cm³/mol. The minimum atomic E-state index is -0.911. The van der Waals surface area contributed by atoms with Crippen molar-refractivity contribution in [3.8, 4) is 0 Å². The smallest absolute Gasteiger partial charge is 0.870 e. The molecule has 0 aliphatic rings. The van der Waals surface area contributed by atoms with Gasteiger partial charge in [-0.05, 0) is 12.8 Å². The molecule has 0 amide bonds. The molecule has 0 radical (unpaired) electrons. The molecule has 0 spiro atoms. The monoisotopic (exact) mass is 334 g/mol. The van der Waals surface area contributed by atoms with E-state index in [1.165, 1.54) is 38.5 Å². The van der Waals surface area contributed by atoms with Crippen molar-refractivity contribution >= 4 is 31.8 Å². The van der Waals surface area contributed by atoms with Crippen molar-refractivity contribution in [3.05, 3.63) is 0 Å². The van der Waals surface area contributed by atoms with Crippen LogP contribution in [0, 0.1) is 0 Å². The molecule has 0 saturated carbocycles. The summed E-state index contributed by atoms with van der Waals surface area (Å²) < 4.78 is 0. The first-order valence-corrected chi connectivity index (χ1v) is 5.47. The normalized spacial score (nSPS) is 8.31. The van der Waals surface area contributed by atoms with Gasteiger partial charge in [0.1, 0.15) is 0 Å². The molecule has 0 aromatic heterocycles. The van der Waals surface area contributed by atoms with Crippen LogP contribution in [0.25, 0.3) is 0 Å². The van der Waals surface area contributed by atoms with Crippen LogP contribution in [0.5, 0.6) is 0 Å². The van der Waals surface area contributed by atoms with E-state index in [2.05, 4.69) is 6.92 Å². The van der Waals surface area contributed by atoms with Crippen LogP contribution >= 0.6 is 0 Å². The van der Waals surface area contributed by atoms with Gasteiger partial charge in [-0.25, -0.2) is 0 Å². The predicted octanol–water partition coefficient (Wildman–Crippen LogP) is 1.53. The molecule has 0 fully saturated rings. The Morgan fingerprint density at radius 2 is 1.25 bits per heavy atom. The number of carbonyl (C=O) groups excluding carboxylic acids is 1. The molecule has 0 aromatic carbocycles. The van der Waals surface area contributed by atoms with E-state index in [-0.39, 0.29) is 43.2 Å². The summed E-state index contributed by atoms with van der Waals surface area (Å²) in [4.78, 5) is 10.1. The van der Waals surface area contributed by atoms with E-state index in [4.69, 9.17) is 0 Å². The van der Waals surface area contributed by atoms with Crippen LogP contribution in [0.3, 0.4) is 0 Å². The van der Waals surface area contributed by atoms with Crippen molar-refractivity contribution in [3.63, 3.8) is 0 Å². The third kappa shape index (κ3) is 23.8. The Bertz CT molecular complexity index is 131. The third-order valence-electron chi connectivity index (χ3n) is 2.23. The van der Waals surface area contributed by atoms with Crippen molar-refractivity contribution in [2.75, 3.05) is 0 Å². The SMILES string of the molecule is CCCCCCCCCCC(=O)[O-].[In+3].[OH-].[OH-]. The number of hydrogen-bond acceptors (Lipinski definition) is 4. The zero-order valence-electron chi connectivity index (χ0n) is 10.2. The summed E-state index contributed by atoms with van der Waals surface area (Å²) in [6.45, 7) is 2.21. The fourth-order valence-corrected chi connectivity index (χ4v) is 1.40. The van der Waals surface area contributed by atoms with E-state index in [1.54, 1.807) is 0 Å². The van der Waals surface area contributed by atoms with Gasteiger partial charge in [0.25, 0.3) is 0 Å². The summed E-state index contributed by atoms with van der Waals surface area (Å²) in [5, 5.41) is 10.1. The van der Waals surface area contributed by atoms with Gasteiger partial charge < -0.3 is 20.9 Å². The van der Waals surface area contributed by atoms with Crippen LogP contribution in [0.15, 0.2) is 0 Å². The Balaban J connectivity index is -0.000000240. The molecule has 0 unspecified atom stereocenters. The van der Waals surface area contributed by atoms with Gasteiger partial charge in [-0.2, -0.15) is 0 Å². The van der Waals surface area contributed by atoms with Gasteiger partial charge in [0.05, 0.1) is 0 Å². The molecule has 0 heterocycles. The largest absolute Gasteiger partial charge is 3.00 e. The summed E-state index contributed by atoms with van der Waals surface area (Å²) in [5.74, 6) is -0.911. The molecule has 5 heteroatoms. The van der Waals surface area contributed by atoms with E-state index in [0.29, 0.717) is 0 Å². The van der Waals surface area contributed by atoms with Crippen molar-refractivity contribution < 1.29 is 20.9 Å². The van der Waals surface area contributed by atoms with Crippen molar-refractivity contribution in [1.82, 2.24) is 0 Å². The van der Waals surface area contributed by atoms with Crippen molar-refractivity contribution in [2.24, 2.45) is 0 Å². The quantitative estimate of drug-likeness (QED) is 0.597. The van der Waals surface area contributed by atoms with Gasteiger partial charge in [-0.3, -0.25) is 0 Å². The Morgan fingerprint density at radius 1 is 0.875 bits per heavy atom. The van der Waals surface area contributed by atoms with Crippen LogP contribution in [0.2, 0.25) is 0 Å². The summed E-state index contributed by atoms with van der Waals surface area (Å²) in [5.41, 5.74) is 0. The van der Waals surface area contributed by atoms with Gasteiger partial charge in [-0.1, -0.05) is 51.9 Å². The van der Waals surface area contributed by atoms with Crippen LogP contribution in [-0.4, -0.2) is 42.8 Å². The van der Waals surface area contributed by atoms with E-state index < -0.39 is 5.97 Å². The average Bonchev–Trinajstić information content (AvgIpc) is 2.09. The first kappa shape index (κ1) is 25.2. The van der Waals surface area contributed by atoms with Crippen LogP contribution < -0.4 is 5.11 Å². The maximum atomic E-state index is 10.1. The number of carbonyl (C=O) groups is 1. The van der Waals surface area contributed by atoms with E-state index in [0.717, 1.165) is 12.8 Å². The Kier molecular flexibility index (Phi) is 32.5. The van der Waals surface area contributed by atoms with E-state index in [9.17, 15) is 9.90 Å². The molecule has 0 atom stereocenters. The van der Waals surface area contributed by atoms with Crippen LogP contribution in [-0.2, 0) is 4.79 Å². The van der Waals surface area contributed by atoms with Gasteiger partial charge in [0, 0.05) is 5.97 Å². The molecule has 16 heavy (non-hydrogen) atoms. The second-order valence-electron chi connectivity index (χ2n) is 3.60.